The van der Waals surface area contributed by atoms with Gasteiger partial charge in [0.25, 0.3) is 0 Å². The molecule has 4 aromatic rings. The highest BCUT2D eigenvalue weighted by molar-refractivity contribution is 6.43. The molecule has 0 unspecified atom stereocenters. The Morgan fingerprint density at radius 3 is 2.70 bits per heavy atom. The van der Waals surface area contributed by atoms with E-state index in [2.05, 4.69) is 20.4 Å². The first-order valence-electron chi connectivity index (χ1n) is 14.0. The van der Waals surface area contributed by atoms with Crippen molar-refractivity contribution in [2.75, 3.05) is 33.4 Å². The number of hydrogen-bond donors (Lipinski definition) is 1. The van der Waals surface area contributed by atoms with Crippen molar-refractivity contribution < 1.29 is 23.4 Å². The number of rotatable bonds is 12. The Hall–Kier alpha value is -3.92. The summed E-state index contributed by atoms with van der Waals surface area (Å²) in [5.74, 6) is 0.496. The molecule has 0 spiro atoms. The predicted octanol–water partition coefficient (Wildman–Crippen LogP) is 7.04. The number of amides is 1. The Bertz CT molecular complexity index is 1630. The number of hydrazone groups is 1. The van der Waals surface area contributed by atoms with Crippen LogP contribution in [0, 0.1) is 5.82 Å². The zero-order chi connectivity index (χ0) is 30.2. The van der Waals surface area contributed by atoms with Gasteiger partial charge in [-0.05, 0) is 68.2 Å². The number of nitrogens with one attached hydrogen (secondary N) is 1. The number of methoxy groups -OCH3 is 1. The molecule has 0 atom stereocenters. The second-order valence-electron chi connectivity index (χ2n) is 10.1. The number of aromatic nitrogens is 1. The molecule has 3 aromatic carbocycles. The van der Waals surface area contributed by atoms with Gasteiger partial charge in [-0.2, -0.15) is 5.10 Å². The summed E-state index contributed by atoms with van der Waals surface area (Å²) in [6.07, 6.45) is 6.34. The largest absolute Gasteiger partial charge is 0.493 e. The van der Waals surface area contributed by atoms with Gasteiger partial charge in [0.1, 0.15) is 5.75 Å². The summed E-state index contributed by atoms with van der Waals surface area (Å²) in [6, 6.07) is 14.7. The lowest BCUT2D eigenvalue weighted by Crippen LogP contribution is -2.21. The van der Waals surface area contributed by atoms with Gasteiger partial charge in [-0.25, -0.2) is 9.82 Å². The fraction of sp³-hybridized carbons (Fsp3) is 0.281. The summed E-state index contributed by atoms with van der Waals surface area (Å²) >= 11 is 12.1. The second-order valence-corrected chi connectivity index (χ2v) is 10.8. The molecule has 0 bridgehead atoms. The molecule has 5 rings (SSSR count). The summed E-state index contributed by atoms with van der Waals surface area (Å²) < 4.78 is 32.6. The average molecular weight is 626 g/mol. The van der Waals surface area contributed by atoms with Crippen LogP contribution in [0.25, 0.3) is 10.9 Å². The van der Waals surface area contributed by atoms with Crippen molar-refractivity contribution in [1.29, 1.82) is 0 Å². The maximum absolute atomic E-state index is 15.1. The number of pyridine rings is 1. The summed E-state index contributed by atoms with van der Waals surface area (Å²) in [7, 11) is 1.57. The standard InChI is InChI=1S/C32H31Cl2FN4O4/c1-41-29-18-23-26(19-30(29)42-15-5-14-39-12-2-3-13-39)36-11-10-27(23)43-28-9-8-21(16-25(28)35)17-31(40)38-37-20-22-6-4-7-24(33)32(22)34/h4,6-11,16,18-20H,2-3,5,12-15,17H2,1H3,(H,38,40)/b37-20+. The van der Waals surface area contributed by atoms with Crippen LogP contribution in [0.3, 0.4) is 0 Å². The van der Waals surface area contributed by atoms with E-state index >= 15 is 4.39 Å². The first-order valence-corrected chi connectivity index (χ1v) is 14.7. The van der Waals surface area contributed by atoms with Gasteiger partial charge in [-0.15, -0.1) is 0 Å². The first-order chi connectivity index (χ1) is 20.9. The summed E-state index contributed by atoms with van der Waals surface area (Å²) in [6.45, 7) is 3.88. The molecule has 1 fully saturated rings. The Labute approximate surface area is 259 Å². The van der Waals surface area contributed by atoms with Crippen molar-refractivity contribution >= 4 is 46.2 Å². The van der Waals surface area contributed by atoms with Gasteiger partial charge in [-0.3, -0.25) is 9.78 Å². The number of carbonyl (C=O) groups excluding carboxylic acids is 1. The maximum atomic E-state index is 15.1. The van der Waals surface area contributed by atoms with E-state index in [9.17, 15) is 4.79 Å². The van der Waals surface area contributed by atoms with E-state index in [0.717, 1.165) is 26.1 Å². The molecule has 1 N–H and O–H groups in total. The van der Waals surface area contributed by atoms with Crippen LogP contribution in [0.5, 0.6) is 23.0 Å². The molecule has 1 saturated heterocycles. The fourth-order valence-corrected chi connectivity index (χ4v) is 5.20. The maximum Gasteiger partial charge on any atom is 0.244 e. The summed E-state index contributed by atoms with van der Waals surface area (Å²) in [4.78, 5) is 19.2. The van der Waals surface area contributed by atoms with Crippen molar-refractivity contribution in [3.05, 3.63) is 87.8 Å². The van der Waals surface area contributed by atoms with Crippen LogP contribution in [0.15, 0.2) is 65.9 Å². The van der Waals surface area contributed by atoms with Crippen molar-refractivity contribution in [1.82, 2.24) is 15.3 Å². The third-order valence-electron chi connectivity index (χ3n) is 7.02. The number of likely N-dealkylation sites (tertiary alicyclic amines) is 1. The van der Waals surface area contributed by atoms with Crippen LogP contribution in [0.2, 0.25) is 10.0 Å². The summed E-state index contributed by atoms with van der Waals surface area (Å²) in [5.41, 5.74) is 4.04. The predicted molar refractivity (Wildman–Crippen MR) is 166 cm³/mol. The smallest absolute Gasteiger partial charge is 0.244 e. The van der Waals surface area contributed by atoms with Crippen LogP contribution < -0.4 is 19.6 Å². The van der Waals surface area contributed by atoms with Gasteiger partial charge >= 0.3 is 0 Å². The van der Waals surface area contributed by atoms with Gasteiger partial charge in [-0.1, -0.05) is 41.4 Å². The number of nitrogens with zero attached hydrogens (tertiary/aromatic N) is 3. The number of fused-ring (bicyclic) bond motifs is 1. The Morgan fingerprint density at radius 2 is 1.91 bits per heavy atom. The zero-order valence-corrected chi connectivity index (χ0v) is 25.1. The van der Waals surface area contributed by atoms with Crippen molar-refractivity contribution in [3.8, 4) is 23.0 Å². The molecule has 0 saturated carbocycles. The SMILES string of the molecule is COc1cc2c(Oc3ccc(CC(=O)N/N=C/c4cccc(Cl)c4Cl)cc3F)ccnc2cc1OCCCN1CCCC1. The van der Waals surface area contributed by atoms with E-state index < -0.39 is 11.7 Å². The van der Waals surface area contributed by atoms with E-state index in [-0.39, 0.29) is 12.2 Å². The monoisotopic (exact) mass is 624 g/mol. The molecule has 1 aliphatic rings. The molecule has 1 amide bonds. The van der Waals surface area contributed by atoms with Crippen LogP contribution >= 0.6 is 23.2 Å². The van der Waals surface area contributed by atoms with Gasteiger partial charge in [0.15, 0.2) is 23.1 Å². The van der Waals surface area contributed by atoms with Gasteiger partial charge in [0.2, 0.25) is 5.91 Å². The molecule has 2 heterocycles. The molecule has 8 nitrogen and oxygen atoms in total. The lowest BCUT2D eigenvalue weighted by Gasteiger charge is -2.16. The van der Waals surface area contributed by atoms with Gasteiger partial charge in [0.05, 0.1) is 41.9 Å². The van der Waals surface area contributed by atoms with Crippen LogP contribution in [0.4, 0.5) is 4.39 Å². The number of ether oxygens (including phenoxy) is 3. The third kappa shape index (κ3) is 7.93. The minimum atomic E-state index is -0.616. The highest BCUT2D eigenvalue weighted by atomic mass is 35.5. The second kappa shape index (κ2) is 14.5. The van der Waals surface area contributed by atoms with E-state index in [1.807, 2.05) is 0 Å². The van der Waals surface area contributed by atoms with Crippen LogP contribution in [-0.4, -0.2) is 55.4 Å². The topological polar surface area (TPSA) is 85.3 Å². The quantitative estimate of drug-likeness (QED) is 0.103. The molecule has 1 aromatic heterocycles. The van der Waals surface area contributed by atoms with Crippen LogP contribution in [0.1, 0.15) is 30.4 Å². The van der Waals surface area contributed by atoms with Crippen molar-refractivity contribution in [2.24, 2.45) is 5.10 Å². The minimum Gasteiger partial charge on any atom is -0.493 e. The first kappa shape index (κ1) is 30.5. The summed E-state index contributed by atoms with van der Waals surface area (Å²) in [5, 5.41) is 5.26. The normalized spacial score (nSPS) is 13.5. The van der Waals surface area contributed by atoms with E-state index in [1.54, 1.807) is 55.8 Å². The van der Waals surface area contributed by atoms with Crippen molar-refractivity contribution in [3.63, 3.8) is 0 Å². The van der Waals surface area contributed by atoms with E-state index in [1.165, 1.54) is 31.2 Å². The Kier molecular flexibility index (Phi) is 10.3. The highest BCUT2D eigenvalue weighted by Crippen LogP contribution is 2.37. The number of carbonyl (C=O) groups is 1. The fourth-order valence-electron chi connectivity index (χ4n) is 4.84. The van der Waals surface area contributed by atoms with E-state index in [4.69, 9.17) is 37.4 Å². The highest BCUT2D eigenvalue weighted by Gasteiger charge is 2.15. The average Bonchev–Trinajstić information content (AvgIpc) is 3.52. The molecule has 0 radical (unpaired) electrons. The third-order valence-corrected chi connectivity index (χ3v) is 7.85. The number of benzene rings is 3. The van der Waals surface area contributed by atoms with E-state index in [0.29, 0.717) is 55.9 Å². The molecule has 43 heavy (non-hydrogen) atoms. The molecule has 224 valence electrons. The lowest BCUT2D eigenvalue weighted by atomic mass is 10.1. The Balaban J connectivity index is 1.22. The van der Waals surface area contributed by atoms with Gasteiger partial charge < -0.3 is 19.1 Å². The molecule has 1 aliphatic heterocycles. The molecule has 11 heteroatoms. The molecular weight excluding hydrogens is 594 g/mol. The van der Waals surface area contributed by atoms with Crippen molar-refractivity contribution in [2.45, 2.75) is 25.7 Å². The molecular formula is C32H31Cl2FN4O4. The number of hydrogen-bond acceptors (Lipinski definition) is 7. The number of halogens is 3. The minimum absolute atomic E-state index is 0.00600. The van der Waals surface area contributed by atoms with Gasteiger partial charge in [0, 0.05) is 29.8 Å². The lowest BCUT2D eigenvalue weighted by molar-refractivity contribution is -0.120. The zero-order valence-electron chi connectivity index (χ0n) is 23.6. The Morgan fingerprint density at radius 1 is 1.07 bits per heavy atom. The van der Waals surface area contributed by atoms with Crippen LogP contribution in [-0.2, 0) is 11.2 Å². The molecule has 0 aliphatic carbocycles.